The van der Waals surface area contributed by atoms with Crippen molar-refractivity contribution in [1.82, 2.24) is 5.32 Å². The lowest BCUT2D eigenvalue weighted by Crippen LogP contribution is -2.40. The minimum Gasteiger partial charge on any atom is -0.347 e. The van der Waals surface area contributed by atoms with Crippen LogP contribution in [0, 0.1) is 5.92 Å². The Hall–Kier alpha value is -0.860. The van der Waals surface area contributed by atoms with Gasteiger partial charge in [0.05, 0.1) is 6.04 Å². The van der Waals surface area contributed by atoms with Gasteiger partial charge in [-0.3, -0.25) is 9.59 Å². The van der Waals surface area contributed by atoms with Crippen LogP contribution in [0.1, 0.15) is 85.5 Å². The third-order valence-electron chi connectivity index (χ3n) is 3.81. The van der Waals surface area contributed by atoms with Crippen molar-refractivity contribution in [2.45, 2.75) is 91.5 Å². The van der Waals surface area contributed by atoms with Gasteiger partial charge in [-0.25, -0.2) is 0 Å². The first kappa shape index (κ1) is 19.1. The van der Waals surface area contributed by atoms with Gasteiger partial charge >= 0.3 is 0 Å². The van der Waals surface area contributed by atoms with E-state index in [-0.39, 0.29) is 23.7 Å². The van der Waals surface area contributed by atoms with Gasteiger partial charge in [0.2, 0.25) is 5.91 Å². The molecule has 1 unspecified atom stereocenters. The van der Waals surface area contributed by atoms with E-state index in [1.165, 1.54) is 32.6 Å². The number of Topliss-reactive ketones (excluding diaryl/α,β-unsaturated/α-hetero) is 1. The number of hydrogen-bond donors (Lipinski definition) is 1. The van der Waals surface area contributed by atoms with E-state index in [2.05, 4.69) is 19.2 Å². The van der Waals surface area contributed by atoms with Crippen molar-refractivity contribution in [1.29, 1.82) is 0 Å². The maximum atomic E-state index is 12.4. The van der Waals surface area contributed by atoms with Gasteiger partial charge in [0, 0.05) is 12.8 Å². The van der Waals surface area contributed by atoms with E-state index >= 15 is 0 Å². The molecule has 1 amide bonds. The molecule has 0 aromatic carbocycles. The average Bonchev–Trinajstić information content (AvgIpc) is 2.40. The first-order valence-corrected chi connectivity index (χ1v) is 8.33. The molecule has 0 aliphatic rings. The van der Waals surface area contributed by atoms with E-state index in [1.54, 1.807) is 6.92 Å². The number of nitrogens with one attached hydrogen (secondary N) is 1. The first-order valence-electron chi connectivity index (χ1n) is 8.33. The second kappa shape index (κ2) is 11.9. The molecule has 0 rings (SSSR count). The number of carbonyl (C=O) groups excluding carboxylic acids is 2. The zero-order chi connectivity index (χ0) is 15.4. The number of unbranched alkanes of at least 4 members (excludes halogenated alkanes) is 5. The zero-order valence-electron chi connectivity index (χ0n) is 13.8. The highest BCUT2D eigenvalue weighted by atomic mass is 16.2. The Bertz CT molecular complexity index is 276. The summed E-state index contributed by atoms with van der Waals surface area (Å²) in [6, 6.07) is -0.343. The van der Waals surface area contributed by atoms with Crippen LogP contribution >= 0.6 is 0 Å². The maximum Gasteiger partial charge on any atom is 0.217 e. The van der Waals surface area contributed by atoms with Gasteiger partial charge in [0.25, 0.3) is 0 Å². The molecule has 3 nitrogen and oxygen atoms in total. The van der Waals surface area contributed by atoms with Gasteiger partial charge in [0.1, 0.15) is 0 Å². The average molecular weight is 283 g/mol. The van der Waals surface area contributed by atoms with Crippen LogP contribution < -0.4 is 5.32 Å². The van der Waals surface area contributed by atoms with Crippen LogP contribution in [0.15, 0.2) is 0 Å². The topological polar surface area (TPSA) is 46.2 Å². The third-order valence-corrected chi connectivity index (χ3v) is 3.81. The van der Waals surface area contributed by atoms with Crippen molar-refractivity contribution in [3.8, 4) is 0 Å². The number of hydrogen-bond acceptors (Lipinski definition) is 2. The van der Waals surface area contributed by atoms with Crippen molar-refractivity contribution >= 4 is 11.7 Å². The molecule has 1 N–H and O–H groups in total. The summed E-state index contributed by atoms with van der Waals surface area (Å²) in [5.74, 6) is 0.214. The zero-order valence-corrected chi connectivity index (χ0v) is 13.8. The SMILES string of the molecule is CCCCCCCC(CCCC)C(=O)[C@H](C)NC(C)=O. The summed E-state index contributed by atoms with van der Waals surface area (Å²) >= 11 is 0. The summed E-state index contributed by atoms with van der Waals surface area (Å²) in [5, 5.41) is 2.72. The quantitative estimate of drug-likeness (QED) is 0.544. The first-order chi connectivity index (χ1) is 9.52. The van der Waals surface area contributed by atoms with Crippen molar-refractivity contribution in [3.63, 3.8) is 0 Å². The Morgan fingerprint density at radius 2 is 1.45 bits per heavy atom. The molecule has 0 heterocycles. The molecule has 0 aliphatic carbocycles. The van der Waals surface area contributed by atoms with E-state index in [0.717, 1.165) is 32.1 Å². The molecule has 2 atom stereocenters. The Morgan fingerprint density at radius 3 is 2.00 bits per heavy atom. The van der Waals surface area contributed by atoms with Crippen molar-refractivity contribution in [2.24, 2.45) is 5.92 Å². The third kappa shape index (κ3) is 9.11. The van der Waals surface area contributed by atoms with Crippen LogP contribution in [0.2, 0.25) is 0 Å². The summed E-state index contributed by atoms with van der Waals surface area (Å²) in [4.78, 5) is 23.5. The summed E-state index contributed by atoms with van der Waals surface area (Å²) in [6.07, 6.45) is 10.3. The van der Waals surface area contributed by atoms with E-state index < -0.39 is 0 Å². The van der Waals surface area contributed by atoms with Crippen LogP contribution in [0.3, 0.4) is 0 Å². The lowest BCUT2D eigenvalue weighted by molar-refractivity contribution is -0.129. The molecule has 0 aromatic rings. The van der Waals surface area contributed by atoms with E-state index in [1.807, 2.05) is 0 Å². The Morgan fingerprint density at radius 1 is 0.900 bits per heavy atom. The van der Waals surface area contributed by atoms with Crippen molar-refractivity contribution in [2.75, 3.05) is 0 Å². The molecule has 3 heteroatoms. The molecule has 0 spiro atoms. The van der Waals surface area contributed by atoms with Crippen LogP contribution in [-0.4, -0.2) is 17.7 Å². The standard InChI is InChI=1S/C17H33NO2/c1-5-7-9-10-11-13-16(12-8-6-2)17(20)14(3)18-15(4)19/h14,16H,5-13H2,1-4H3,(H,18,19)/t14-,16?/m0/s1. The largest absolute Gasteiger partial charge is 0.347 e. The smallest absolute Gasteiger partial charge is 0.217 e. The molecule has 118 valence electrons. The minimum absolute atomic E-state index is 0.122. The number of rotatable bonds is 12. The number of carbonyl (C=O) groups is 2. The predicted octanol–water partition coefficient (Wildman–Crippen LogP) is 4.25. The van der Waals surface area contributed by atoms with Gasteiger partial charge in [-0.05, 0) is 19.8 Å². The highest BCUT2D eigenvalue weighted by Crippen LogP contribution is 2.20. The van der Waals surface area contributed by atoms with Crippen LogP contribution in [0.4, 0.5) is 0 Å². The maximum absolute atomic E-state index is 12.4. The highest BCUT2D eigenvalue weighted by Gasteiger charge is 2.23. The van der Waals surface area contributed by atoms with Gasteiger partial charge in [-0.2, -0.15) is 0 Å². The monoisotopic (exact) mass is 283 g/mol. The Kier molecular flexibility index (Phi) is 11.4. The summed E-state index contributed by atoms with van der Waals surface area (Å²) < 4.78 is 0. The molecular weight excluding hydrogens is 250 g/mol. The second-order valence-corrected chi connectivity index (χ2v) is 5.87. The lowest BCUT2D eigenvalue weighted by atomic mass is 9.88. The molecule has 0 saturated carbocycles. The Balaban J connectivity index is 4.23. The van der Waals surface area contributed by atoms with Crippen LogP contribution in [-0.2, 0) is 9.59 Å². The van der Waals surface area contributed by atoms with E-state index in [4.69, 9.17) is 0 Å². The Labute approximate surface area is 124 Å². The fourth-order valence-electron chi connectivity index (χ4n) is 2.60. The minimum atomic E-state index is -0.343. The molecule has 0 bridgehead atoms. The molecular formula is C17H33NO2. The fraction of sp³-hybridized carbons (Fsp3) is 0.882. The lowest BCUT2D eigenvalue weighted by Gasteiger charge is -2.20. The second-order valence-electron chi connectivity index (χ2n) is 5.87. The van der Waals surface area contributed by atoms with Gasteiger partial charge < -0.3 is 5.32 Å². The highest BCUT2D eigenvalue weighted by molar-refractivity contribution is 5.89. The number of ketones is 1. The van der Waals surface area contributed by atoms with Crippen LogP contribution in [0.5, 0.6) is 0 Å². The molecule has 0 saturated heterocycles. The van der Waals surface area contributed by atoms with Crippen LogP contribution in [0.25, 0.3) is 0 Å². The van der Waals surface area contributed by atoms with Gasteiger partial charge in [-0.15, -0.1) is 0 Å². The fourth-order valence-corrected chi connectivity index (χ4v) is 2.60. The van der Waals surface area contributed by atoms with Gasteiger partial charge in [0.15, 0.2) is 5.78 Å². The molecule has 0 radical (unpaired) electrons. The summed E-state index contributed by atoms with van der Waals surface area (Å²) in [7, 11) is 0. The summed E-state index contributed by atoms with van der Waals surface area (Å²) in [6.45, 7) is 7.64. The van der Waals surface area contributed by atoms with Crippen molar-refractivity contribution < 1.29 is 9.59 Å². The predicted molar refractivity (Wildman–Crippen MR) is 84.7 cm³/mol. The van der Waals surface area contributed by atoms with Crippen molar-refractivity contribution in [3.05, 3.63) is 0 Å². The van der Waals surface area contributed by atoms with E-state index in [9.17, 15) is 9.59 Å². The molecule has 20 heavy (non-hydrogen) atoms. The van der Waals surface area contributed by atoms with Gasteiger partial charge in [-0.1, -0.05) is 58.8 Å². The number of amides is 1. The molecule has 0 aromatic heterocycles. The summed E-state index contributed by atoms with van der Waals surface area (Å²) in [5.41, 5.74) is 0. The molecule has 0 fully saturated rings. The van der Waals surface area contributed by atoms with E-state index in [0.29, 0.717) is 0 Å². The normalized spacial score (nSPS) is 13.8. The molecule has 0 aliphatic heterocycles.